The molecule has 2 aromatic carbocycles. The lowest BCUT2D eigenvalue weighted by molar-refractivity contribution is -0.119. The number of carbonyl (C=O) groups excluding carboxylic acids is 2. The summed E-state index contributed by atoms with van der Waals surface area (Å²) < 4.78 is 0. The van der Waals surface area contributed by atoms with E-state index in [0.29, 0.717) is 25.2 Å². The number of carbonyl (C=O) groups is 2. The summed E-state index contributed by atoms with van der Waals surface area (Å²) in [7, 11) is 0. The van der Waals surface area contributed by atoms with Crippen molar-refractivity contribution in [1.82, 2.24) is 10.2 Å². The molecular formula is C22H26N2O2. The van der Waals surface area contributed by atoms with Crippen LogP contribution in [0.2, 0.25) is 0 Å². The van der Waals surface area contributed by atoms with Gasteiger partial charge in [0.1, 0.15) is 0 Å². The molecule has 136 valence electrons. The minimum absolute atomic E-state index is 0.0152. The second-order valence-corrected chi connectivity index (χ2v) is 6.46. The molecule has 0 spiro atoms. The molecule has 2 aromatic rings. The first-order valence-electron chi connectivity index (χ1n) is 8.78. The first-order valence-corrected chi connectivity index (χ1v) is 8.78. The average Bonchev–Trinajstić information content (AvgIpc) is 2.64. The molecule has 0 bridgehead atoms. The Kier molecular flexibility index (Phi) is 6.73. The Hall–Kier alpha value is -2.88. The van der Waals surface area contributed by atoms with E-state index in [4.69, 9.17) is 0 Å². The monoisotopic (exact) mass is 350 g/mol. The lowest BCUT2D eigenvalue weighted by Crippen LogP contribution is -2.32. The number of benzene rings is 2. The highest BCUT2D eigenvalue weighted by atomic mass is 16.2. The van der Waals surface area contributed by atoms with Crippen LogP contribution in [0, 0.1) is 0 Å². The van der Waals surface area contributed by atoms with E-state index in [1.165, 1.54) is 6.92 Å². The van der Waals surface area contributed by atoms with Crippen LogP contribution in [-0.2, 0) is 11.3 Å². The van der Waals surface area contributed by atoms with Gasteiger partial charge in [0.2, 0.25) is 5.91 Å². The lowest BCUT2D eigenvalue weighted by atomic mass is 10.0. The summed E-state index contributed by atoms with van der Waals surface area (Å²) in [6.07, 6.45) is 0. The van der Waals surface area contributed by atoms with Gasteiger partial charge < -0.3 is 10.2 Å². The normalized spacial score (nSPS) is 10.3. The van der Waals surface area contributed by atoms with Crippen LogP contribution in [0.25, 0.3) is 11.1 Å². The van der Waals surface area contributed by atoms with E-state index in [2.05, 4.69) is 11.9 Å². The van der Waals surface area contributed by atoms with Gasteiger partial charge in [-0.15, -0.1) is 0 Å². The zero-order valence-corrected chi connectivity index (χ0v) is 15.7. The van der Waals surface area contributed by atoms with Gasteiger partial charge in [0.15, 0.2) is 0 Å². The van der Waals surface area contributed by atoms with E-state index in [1.54, 1.807) is 4.90 Å². The summed E-state index contributed by atoms with van der Waals surface area (Å²) in [6, 6.07) is 15.7. The standard InChI is InChI=1S/C22H26N2O2/c1-5-24(15-16(2)3)22(26)20-11-9-19(10-12-20)21-8-6-7-18(13-21)14-23-17(4)25/h6-13H,2,5,14-15H2,1,3-4H3,(H,23,25). The number of nitrogens with one attached hydrogen (secondary N) is 1. The smallest absolute Gasteiger partial charge is 0.254 e. The van der Waals surface area contributed by atoms with Crippen molar-refractivity contribution in [2.45, 2.75) is 27.3 Å². The van der Waals surface area contributed by atoms with Crippen LogP contribution in [0.15, 0.2) is 60.7 Å². The predicted molar refractivity (Wildman–Crippen MR) is 106 cm³/mol. The first kappa shape index (κ1) is 19.4. The van der Waals surface area contributed by atoms with Gasteiger partial charge in [-0.25, -0.2) is 0 Å². The van der Waals surface area contributed by atoms with Crippen molar-refractivity contribution in [3.63, 3.8) is 0 Å². The summed E-state index contributed by atoms with van der Waals surface area (Å²) in [5, 5.41) is 2.80. The summed E-state index contributed by atoms with van der Waals surface area (Å²) in [6.45, 7) is 11.0. The van der Waals surface area contributed by atoms with Crippen LogP contribution >= 0.6 is 0 Å². The fraction of sp³-hybridized carbons (Fsp3) is 0.273. The molecule has 0 atom stereocenters. The van der Waals surface area contributed by atoms with Gasteiger partial charge in [-0.05, 0) is 48.7 Å². The van der Waals surface area contributed by atoms with Gasteiger partial charge in [-0.2, -0.15) is 0 Å². The SMILES string of the molecule is C=C(C)CN(CC)C(=O)c1ccc(-c2cccc(CNC(C)=O)c2)cc1. The molecule has 4 heteroatoms. The second kappa shape index (κ2) is 8.99. The Labute approximate surface area is 155 Å². The van der Waals surface area contributed by atoms with Crippen molar-refractivity contribution in [2.24, 2.45) is 0 Å². The average molecular weight is 350 g/mol. The number of nitrogens with zero attached hydrogens (tertiary/aromatic N) is 1. The van der Waals surface area contributed by atoms with E-state index in [-0.39, 0.29) is 11.8 Å². The predicted octanol–water partition coefficient (Wildman–Crippen LogP) is 4.03. The molecule has 0 aliphatic carbocycles. The maximum absolute atomic E-state index is 12.6. The molecule has 26 heavy (non-hydrogen) atoms. The van der Waals surface area contributed by atoms with E-state index in [9.17, 15) is 9.59 Å². The Morgan fingerprint density at radius 3 is 2.31 bits per heavy atom. The van der Waals surface area contributed by atoms with E-state index >= 15 is 0 Å². The molecule has 0 heterocycles. The Bertz CT molecular complexity index is 794. The van der Waals surface area contributed by atoms with Crippen molar-refractivity contribution in [3.8, 4) is 11.1 Å². The molecule has 0 saturated carbocycles. The van der Waals surface area contributed by atoms with Gasteiger partial charge in [0.05, 0.1) is 0 Å². The Morgan fingerprint density at radius 1 is 1.04 bits per heavy atom. The molecular weight excluding hydrogens is 324 g/mol. The molecule has 1 N–H and O–H groups in total. The molecule has 0 aromatic heterocycles. The third kappa shape index (κ3) is 5.31. The fourth-order valence-corrected chi connectivity index (χ4v) is 2.73. The molecule has 0 radical (unpaired) electrons. The summed E-state index contributed by atoms with van der Waals surface area (Å²) >= 11 is 0. The fourth-order valence-electron chi connectivity index (χ4n) is 2.73. The van der Waals surface area contributed by atoms with Gasteiger partial charge in [-0.1, -0.05) is 42.5 Å². The van der Waals surface area contributed by atoms with Crippen LogP contribution in [0.4, 0.5) is 0 Å². The van der Waals surface area contributed by atoms with Crippen molar-refractivity contribution in [1.29, 1.82) is 0 Å². The minimum atomic E-state index is -0.0477. The van der Waals surface area contributed by atoms with Gasteiger partial charge >= 0.3 is 0 Å². The van der Waals surface area contributed by atoms with E-state index < -0.39 is 0 Å². The summed E-state index contributed by atoms with van der Waals surface area (Å²) in [5.74, 6) is -0.0324. The second-order valence-electron chi connectivity index (χ2n) is 6.46. The molecule has 0 fully saturated rings. The zero-order chi connectivity index (χ0) is 19.1. The largest absolute Gasteiger partial charge is 0.352 e. The first-order chi connectivity index (χ1) is 12.4. The van der Waals surface area contributed by atoms with Gasteiger partial charge in [-0.3, -0.25) is 9.59 Å². The van der Waals surface area contributed by atoms with Crippen molar-refractivity contribution in [2.75, 3.05) is 13.1 Å². The summed E-state index contributed by atoms with van der Waals surface area (Å²) in [4.78, 5) is 25.5. The number of hydrogen-bond acceptors (Lipinski definition) is 2. The zero-order valence-electron chi connectivity index (χ0n) is 15.7. The highest BCUT2D eigenvalue weighted by Gasteiger charge is 2.14. The van der Waals surface area contributed by atoms with Crippen molar-refractivity contribution < 1.29 is 9.59 Å². The maximum atomic E-state index is 12.6. The Morgan fingerprint density at radius 2 is 1.73 bits per heavy atom. The van der Waals surface area contributed by atoms with E-state index in [0.717, 1.165) is 22.3 Å². The highest BCUT2D eigenvalue weighted by Crippen LogP contribution is 2.21. The molecule has 4 nitrogen and oxygen atoms in total. The van der Waals surface area contributed by atoms with Crippen LogP contribution in [0.5, 0.6) is 0 Å². The van der Waals surface area contributed by atoms with Crippen molar-refractivity contribution in [3.05, 3.63) is 71.8 Å². The quantitative estimate of drug-likeness (QED) is 0.767. The molecule has 0 saturated heterocycles. The van der Waals surface area contributed by atoms with Gasteiger partial charge in [0, 0.05) is 32.1 Å². The van der Waals surface area contributed by atoms with E-state index in [1.807, 2.05) is 62.4 Å². The van der Waals surface area contributed by atoms with Crippen LogP contribution in [0.1, 0.15) is 36.7 Å². The number of rotatable bonds is 7. The highest BCUT2D eigenvalue weighted by molar-refractivity contribution is 5.94. The Balaban J connectivity index is 2.16. The molecule has 2 rings (SSSR count). The lowest BCUT2D eigenvalue weighted by Gasteiger charge is -2.21. The van der Waals surface area contributed by atoms with Gasteiger partial charge in [0.25, 0.3) is 5.91 Å². The number of likely N-dealkylation sites (N-methyl/N-ethyl adjacent to an activating group) is 1. The summed E-state index contributed by atoms with van der Waals surface area (Å²) in [5.41, 5.74) is 4.77. The maximum Gasteiger partial charge on any atom is 0.254 e. The van der Waals surface area contributed by atoms with Crippen molar-refractivity contribution >= 4 is 11.8 Å². The van der Waals surface area contributed by atoms with Crippen LogP contribution in [-0.4, -0.2) is 29.8 Å². The van der Waals surface area contributed by atoms with Crippen LogP contribution in [0.3, 0.4) is 0 Å². The topological polar surface area (TPSA) is 49.4 Å². The molecule has 0 unspecified atom stereocenters. The molecule has 2 amide bonds. The third-order valence-corrected chi connectivity index (χ3v) is 4.06. The molecule has 0 aliphatic rings. The van der Waals surface area contributed by atoms with Crippen LogP contribution < -0.4 is 5.32 Å². The minimum Gasteiger partial charge on any atom is -0.352 e. The third-order valence-electron chi connectivity index (χ3n) is 4.06. The number of amides is 2. The number of hydrogen-bond donors (Lipinski definition) is 1. The molecule has 0 aliphatic heterocycles.